The van der Waals surface area contributed by atoms with Crippen LogP contribution in [0.4, 0.5) is 10.1 Å². The van der Waals surface area contributed by atoms with Crippen LogP contribution in [0.1, 0.15) is 44.2 Å². The van der Waals surface area contributed by atoms with Crippen LogP contribution in [-0.2, 0) is 19.7 Å². The van der Waals surface area contributed by atoms with Crippen molar-refractivity contribution in [3.8, 4) is 17.6 Å². The monoisotopic (exact) mass is 557 g/mol. The van der Waals surface area contributed by atoms with E-state index in [0.29, 0.717) is 44.4 Å². The van der Waals surface area contributed by atoms with Gasteiger partial charge in [-0.15, -0.1) is 0 Å². The molecule has 0 bridgehead atoms. The topological polar surface area (TPSA) is 136 Å². The van der Waals surface area contributed by atoms with Gasteiger partial charge in [0.2, 0.25) is 0 Å². The van der Waals surface area contributed by atoms with Crippen LogP contribution < -0.4 is 15.0 Å². The standard InChI is InChI=1S/C26H28FN5O6S/c1-3-31(2)39(34,35)30-23-7-5-21(27)24(20(23)15-28)38-18-4-6-22-19(14-18)25(33)32(16-29-22)17-8-10-26(11-9-17)36-12-13-37-26/h4-7,14,16-17,30H,3,8-13H2,1-2H3. The van der Waals surface area contributed by atoms with Crippen molar-refractivity contribution in [1.82, 2.24) is 13.9 Å². The highest BCUT2D eigenvalue weighted by Crippen LogP contribution is 2.40. The SMILES string of the molecule is CCN(C)S(=O)(=O)Nc1ccc(F)c(Oc2ccc3ncn(C4CCC5(CC4)OCCO5)c(=O)c3c2)c1C#N. The number of fused-ring (bicyclic) bond motifs is 1. The Balaban J connectivity index is 1.45. The molecule has 0 radical (unpaired) electrons. The summed E-state index contributed by atoms with van der Waals surface area (Å²) in [5.74, 6) is -1.79. The molecule has 1 saturated carbocycles. The van der Waals surface area contributed by atoms with Crippen LogP contribution in [0.2, 0.25) is 0 Å². The normalized spacial score (nSPS) is 17.5. The molecule has 1 aromatic heterocycles. The van der Waals surface area contributed by atoms with E-state index in [1.807, 2.05) is 6.07 Å². The Bertz CT molecular complexity index is 1600. The summed E-state index contributed by atoms with van der Waals surface area (Å²) < 4.78 is 62.0. The average molecular weight is 558 g/mol. The Morgan fingerprint density at radius 3 is 2.64 bits per heavy atom. The molecule has 1 aliphatic heterocycles. The molecule has 11 nitrogen and oxygen atoms in total. The van der Waals surface area contributed by atoms with E-state index in [0.717, 1.165) is 16.4 Å². The lowest BCUT2D eigenvalue weighted by atomic mass is 9.90. The Morgan fingerprint density at radius 1 is 1.26 bits per heavy atom. The van der Waals surface area contributed by atoms with E-state index in [4.69, 9.17) is 14.2 Å². The van der Waals surface area contributed by atoms with Gasteiger partial charge in [-0.1, -0.05) is 6.92 Å². The highest BCUT2D eigenvalue weighted by Gasteiger charge is 2.41. The molecule has 1 aliphatic carbocycles. The molecule has 2 aromatic carbocycles. The van der Waals surface area contributed by atoms with Crippen molar-refractivity contribution in [2.45, 2.75) is 44.4 Å². The minimum atomic E-state index is -3.97. The Morgan fingerprint density at radius 2 is 1.97 bits per heavy atom. The lowest BCUT2D eigenvalue weighted by Gasteiger charge is -2.35. The minimum Gasteiger partial charge on any atom is -0.453 e. The van der Waals surface area contributed by atoms with Gasteiger partial charge < -0.3 is 14.2 Å². The van der Waals surface area contributed by atoms with Crippen molar-refractivity contribution < 1.29 is 27.0 Å². The van der Waals surface area contributed by atoms with E-state index in [-0.39, 0.29) is 40.5 Å². The predicted octanol–water partition coefficient (Wildman–Crippen LogP) is 3.67. The summed E-state index contributed by atoms with van der Waals surface area (Å²) in [5, 5.41) is 10.0. The molecule has 1 N–H and O–H groups in total. The molecule has 0 amide bonds. The largest absolute Gasteiger partial charge is 0.453 e. The molecule has 2 aliphatic rings. The number of ether oxygens (including phenoxy) is 3. The summed E-state index contributed by atoms with van der Waals surface area (Å²) in [4.78, 5) is 17.9. The fourth-order valence-corrected chi connectivity index (χ4v) is 5.85. The maximum Gasteiger partial charge on any atom is 0.301 e. The number of anilines is 1. The van der Waals surface area contributed by atoms with Gasteiger partial charge in [-0.3, -0.25) is 14.1 Å². The molecule has 3 aromatic rings. The molecule has 0 atom stereocenters. The average Bonchev–Trinajstić information content (AvgIpc) is 3.39. The maximum absolute atomic E-state index is 14.8. The van der Waals surface area contributed by atoms with Gasteiger partial charge in [0.1, 0.15) is 17.4 Å². The van der Waals surface area contributed by atoms with Crippen molar-refractivity contribution in [2.75, 3.05) is 31.5 Å². The number of nitriles is 1. The van der Waals surface area contributed by atoms with E-state index < -0.39 is 27.6 Å². The van der Waals surface area contributed by atoms with Gasteiger partial charge in [0, 0.05) is 32.5 Å². The summed E-state index contributed by atoms with van der Waals surface area (Å²) >= 11 is 0. The van der Waals surface area contributed by atoms with Gasteiger partial charge in [0.05, 0.1) is 36.1 Å². The van der Waals surface area contributed by atoms with E-state index in [2.05, 4.69) is 9.71 Å². The molecule has 39 heavy (non-hydrogen) atoms. The van der Waals surface area contributed by atoms with Gasteiger partial charge in [-0.05, 0) is 43.2 Å². The molecule has 0 unspecified atom stereocenters. The first-order valence-corrected chi connectivity index (χ1v) is 14.0. The van der Waals surface area contributed by atoms with Crippen LogP contribution in [0.25, 0.3) is 10.9 Å². The number of nitrogens with zero attached hydrogens (tertiary/aromatic N) is 4. The second kappa shape index (κ2) is 10.5. The van der Waals surface area contributed by atoms with Crippen LogP contribution in [0, 0.1) is 17.1 Å². The first-order valence-electron chi connectivity index (χ1n) is 12.6. The lowest BCUT2D eigenvalue weighted by molar-refractivity contribution is -0.181. The van der Waals surface area contributed by atoms with Gasteiger partial charge in [0.15, 0.2) is 17.4 Å². The van der Waals surface area contributed by atoms with Crippen molar-refractivity contribution in [3.63, 3.8) is 0 Å². The molecule has 5 rings (SSSR count). The third-order valence-electron chi connectivity index (χ3n) is 7.21. The summed E-state index contributed by atoms with van der Waals surface area (Å²) in [7, 11) is -2.60. The van der Waals surface area contributed by atoms with E-state index >= 15 is 0 Å². The van der Waals surface area contributed by atoms with Crippen LogP contribution in [0.5, 0.6) is 11.5 Å². The van der Waals surface area contributed by atoms with Crippen molar-refractivity contribution >= 4 is 26.8 Å². The van der Waals surface area contributed by atoms with E-state index in [9.17, 15) is 22.9 Å². The first kappa shape index (κ1) is 27.0. The zero-order chi connectivity index (χ0) is 27.8. The smallest absolute Gasteiger partial charge is 0.301 e. The predicted molar refractivity (Wildman–Crippen MR) is 140 cm³/mol. The Hall–Kier alpha value is -3.57. The van der Waals surface area contributed by atoms with E-state index in [1.165, 1.54) is 25.5 Å². The zero-order valence-electron chi connectivity index (χ0n) is 21.5. The number of rotatable bonds is 7. The zero-order valence-corrected chi connectivity index (χ0v) is 22.3. The molecule has 206 valence electrons. The number of aromatic nitrogens is 2. The van der Waals surface area contributed by atoms with Gasteiger partial charge in [-0.2, -0.15) is 18.0 Å². The molecular formula is C26H28FN5O6S. The minimum absolute atomic E-state index is 0.0778. The fourth-order valence-electron chi connectivity index (χ4n) is 4.90. The highest BCUT2D eigenvalue weighted by atomic mass is 32.2. The van der Waals surface area contributed by atoms with Crippen molar-refractivity contribution in [3.05, 3.63) is 58.4 Å². The third-order valence-corrected chi connectivity index (χ3v) is 8.77. The quantitative estimate of drug-likeness (QED) is 0.465. The number of benzene rings is 2. The Labute approximate surface area is 224 Å². The van der Waals surface area contributed by atoms with E-state index in [1.54, 1.807) is 17.6 Å². The highest BCUT2D eigenvalue weighted by molar-refractivity contribution is 7.90. The molecule has 1 spiro atoms. The number of hydrogen-bond donors (Lipinski definition) is 1. The van der Waals surface area contributed by atoms with Gasteiger partial charge >= 0.3 is 10.2 Å². The maximum atomic E-state index is 14.8. The first-order chi connectivity index (χ1) is 18.7. The summed E-state index contributed by atoms with van der Waals surface area (Å²) in [6.45, 7) is 2.98. The van der Waals surface area contributed by atoms with Crippen molar-refractivity contribution in [2.24, 2.45) is 0 Å². The molecule has 2 heterocycles. The number of halogens is 1. The van der Waals surface area contributed by atoms with Crippen LogP contribution in [0.3, 0.4) is 0 Å². The Kier molecular flexibility index (Phi) is 7.30. The summed E-state index contributed by atoms with van der Waals surface area (Å²) in [6, 6.07) is 8.41. The number of hydrogen-bond acceptors (Lipinski definition) is 8. The number of nitrogens with one attached hydrogen (secondary N) is 1. The summed E-state index contributed by atoms with van der Waals surface area (Å²) in [5.41, 5.74) is -0.309. The van der Waals surface area contributed by atoms with Gasteiger partial charge in [-0.25, -0.2) is 9.37 Å². The van der Waals surface area contributed by atoms with Crippen molar-refractivity contribution in [1.29, 1.82) is 5.26 Å². The van der Waals surface area contributed by atoms with Crippen LogP contribution >= 0.6 is 0 Å². The van der Waals surface area contributed by atoms with Crippen LogP contribution in [0.15, 0.2) is 41.5 Å². The van der Waals surface area contributed by atoms with Gasteiger partial charge in [0.25, 0.3) is 5.56 Å². The molecule has 2 fully saturated rings. The van der Waals surface area contributed by atoms with Crippen LogP contribution in [-0.4, -0.2) is 54.9 Å². The second-order valence-electron chi connectivity index (χ2n) is 9.51. The molecule has 1 saturated heterocycles. The second-order valence-corrected chi connectivity index (χ2v) is 11.3. The fraction of sp³-hybridized carbons (Fsp3) is 0.423. The summed E-state index contributed by atoms with van der Waals surface area (Å²) in [6.07, 6.45) is 4.26. The molecule has 13 heteroatoms. The third kappa shape index (κ3) is 5.20. The molecular weight excluding hydrogens is 529 g/mol. The lowest BCUT2D eigenvalue weighted by Crippen LogP contribution is -2.38.